The standard InChI is InChI=1S/C7H16N2.C3H9N/c1-2-9-6-4-3-5-7(9)8;1-4(2)3/h7H,2-6,8H2,1H3;1-3H3. The SMILES string of the molecule is CCN1CCCCC1N.CN(C)C. The van der Waals surface area contributed by atoms with Gasteiger partial charge in [-0.15, -0.1) is 0 Å². The molecule has 0 aromatic heterocycles. The molecule has 0 aromatic carbocycles. The number of nitrogens with zero attached hydrogens (tertiary/aromatic N) is 2. The predicted octanol–water partition coefficient (Wildman–Crippen LogP) is 0.955. The molecule has 0 amide bonds. The Balaban J connectivity index is 0.000000310. The van der Waals surface area contributed by atoms with Gasteiger partial charge in [0.15, 0.2) is 0 Å². The molecule has 0 aromatic rings. The van der Waals surface area contributed by atoms with Crippen molar-refractivity contribution in [3.8, 4) is 0 Å². The van der Waals surface area contributed by atoms with E-state index in [4.69, 9.17) is 5.73 Å². The average Bonchev–Trinajstić information content (AvgIpc) is 2.04. The highest BCUT2D eigenvalue weighted by Crippen LogP contribution is 2.11. The summed E-state index contributed by atoms with van der Waals surface area (Å²) in [7, 11) is 6.00. The summed E-state index contributed by atoms with van der Waals surface area (Å²) >= 11 is 0. The minimum Gasteiger partial charge on any atom is -0.316 e. The first kappa shape index (κ1) is 12.9. The molecule has 3 heteroatoms. The number of piperidine rings is 1. The van der Waals surface area contributed by atoms with E-state index >= 15 is 0 Å². The van der Waals surface area contributed by atoms with E-state index < -0.39 is 0 Å². The zero-order valence-corrected chi connectivity index (χ0v) is 9.58. The van der Waals surface area contributed by atoms with Crippen molar-refractivity contribution in [1.29, 1.82) is 0 Å². The van der Waals surface area contributed by atoms with E-state index in [1.54, 1.807) is 0 Å². The van der Waals surface area contributed by atoms with Gasteiger partial charge in [0.2, 0.25) is 0 Å². The molecule has 1 saturated heterocycles. The highest BCUT2D eigenvalue weighted by molar-refractivity contribution is 4.69. The van der Waals surface area contributed by atoms with Crippen LogP contribution in [0, 0.1) is 0 Å². The van der Waals surface area contributed by atoms with Crippen LogP contribution in [0.2, 0.25) is 0 Å². The number of rotatable bonds is 1. The van der Waals surface area contributed by atoms with Gasteiger partial charge in [0.05, 0.1) is 6.17 Å². The minimum absolute atomic E-state index is 0.351. The topological polar surface area (TPSA) is 32.5 Å². The summed E-state index contributed by atoms with van der Waals surface area (Å²) < 4.78 is 0. The van der Waals surface area contributed by atoms with Gasteiger partial charge >= 0.3 is 0 Å². The number of hydrogen-bond donors (Lipinski definition) is 1. The van der Waals surface area contributed by atoms with E-state index in [1.807, 2.05) is 26.0 Å². The van der Waals surface area contributed by atoms with Crippen LogP contribution >= 0.6 is 0 Å². The Bertz CT molecular complexity index is 112. The minimum atomic E-state index is 0.351. The predicted molar refractivity (Wildman–Crippen MR) is 58.7 cm³/mol. The highest BCUT2D eigenvalue weighted by atomic mass is 15.2. The maximum absolute atomic E-state index is 5.82. The molecule has 0 saturated carbocycles. The van der Waals surface area contributed by atoms with Gasteiger partial charge in [-0.1, -0.05) is 6.92 Å². The van der Waals surface area contributed by atoms with E-state index in [2.05, 4.69) is 11.8 Å². The lowest BCUT2D eigenvalue weighted by molar-refractivity contribution is 0.160. The lowest BCUT2D eigenvalue weighted by Crippen LogP contribution is -2.44. The Morgan fingerprint density at radius 2 is 1.85 bits per heavy atom. The van der Waals surface area contributed by atoms with Crippen LogP contribution in [0.15, 0.2) is 0 Å². The molecule has 1 unspecified atom stereocenters. The quantitative estimate of drug-likeness (QED) is 0.663. The lowest BCUT2D eigenvalue weighted by atomic mass is 10.1. The summed E-state index contributed by atoms with van der Waals surface area (Å²) in [6.45, 7) is 4.49. The summed E-state index contributed by atoms with van der Waals surface area (Å²) in [6, 6.07) is 0. The summed E-state index contributed by atoms with van der Waals surface area (Å²) in [5, 5.41) is 0. The molecule has 1 atom stereocenters. The van der Waals surface area contributed by atoms with Crippen LogP contribution < -0.4 is 5.73 Å². The zero-order valence-electron chi connectivity index (χ0n) is 9.58. The molecule has 1 rings (SSSR count). The zero-order chi connectivity index (χ0) is 10.3. The molecule has 13 heavy (non-hydrogen) atoms. The van der Waals surface area contributed by atoms with Gasteiger partial charge in [-0.3, -0.25) is 4.90 Å². The molecule has 0 radical (unpaired) electrons. The fourth-order valence-electron chi connectivity index (χ4n) is 1.41. The second kappa shape index (κ2) is 7.30. The van der Waals surface area contributed by atoms with Crippen molar-refractivity contribution in [2.24, 2.45) is 5.73 Å². The van der Waals surface area contributed by atoms with Gasteiger partial charge in [-0.2, -0.15) is 0 Å². The van der Waals surface area contributed by atoms with Gasteiger partial charge in [-0.25, -0.2) is 0 Å². The first-order valence-corrected chi connectivity index (χ1v) is 5.18. The van der Waals surface area contributed by atoms with Gasteiger partial charge < -0.3 is 10.6 Å². The Morgan fingerprint density at radius 3 is 2.15 bits per heavy atom. The van der Waals surface area contributed by atoms with Crippen molar-refractivity contribution in [2.45, 2.75) is 32.4 Å². The van der Waals surface area contributed by atoms with Crippen LogP contribution in [-0.2, 0) is 0 Å². The molecule has 0 bridgehead atoms. The normalized spacial score (nSPS) is 24.0. The summed E-state index contributed by atoms with van der Waals surface area (Å²) in [5.74, 6) is 0. The first-order valence-electron chi connectivity index (χ1n) is 5.18. The van der Waals surface area contributed by atoms with E-state index in [-0.39, 0.29) is 0 Å². The molecule has 1 aliphatic heterocycles. The highest BCUT2D eigenvalue weighted by Gasteiger charge is 2.15. The fraction of sp³-hybridized carbons (Fsp3) is 1.00. The third-order valence-corrected chi connectivity index (χ3v) is 2.07. The van der Waals surface area contributed by atoms with Crippen LogP contribution in [0.5, 0.6) is 0 Å². The monoisotopic (exact) mass is 187 g/mol. The molecule has 2 N–H and O–H groups in total. The third kappa shape index (κ3) is 6.99. The van der Waals surface area contributed by atoms with Crippen molar-refractivity contribution in [1.82, 2.24) is 9.80 Å². The molecule has 3 nitrogen and oxygen atoms in total. The van der Waals surface area contributed by atoms with E-state index in [0.29, 0.717) is 6.17 Å². The molecule has 80 valence electrons. The molecule has 1 heterocycles. The molecule has 1 fully saturated rings. The molecular formula is C10H25N3. The lowest BCUT2D eigenvalue weighted by Gasteiger charge is -2.31. The van der Waals surface area contributed by atoms with Gasteiger partial charge in [0, 0.05) is 0 Å². The van der Waals surface area contributed by atoms with Crippen molar-refractivity contribution in [2.75, 3.05) is 34.2 Å². The van der Waals surface area contributed by atoms with Gasteiger partial charge in [0.1, 0.15) is 0 Å². The van der Waals surface area contributed by atoms with Crippen LogP contribution in [0.3, 0.4) is 0 Å². The maximum atomic E-state index is 5.82. The number of hydrogen-bond acceptors (Lipinski definition) is 3. The Morgan fingerprint density at radius 1 is 1.31 bits per heavy atom. The maximum Gasteiger partial charge on any atom is 0.0571 e. The Hall–Kier alpha value is -0.120. The van der Waals surface area contributed by atoms with E-state index in [9.17, 15) is 0 Å². The average molecular weight is 187 g/mol. The summed E-state index contributed by atoms with van der Waals surface area (Å²) in [4.78, 5) is 4.34. The van der Waals surface area contributed by atoms with Crippen molar-refractivity contribution in [3.63, 3.8) is 0 Å². The molecule has 0 aliphatic carbocycles. The van der Waals surface area contributed by atoms with Gasteiger partial charge in [0.25, 0.3) is 0 Å². The van der Waals surface area contributed by atoms with Crippen molar-refractivity contribution >= 4 is 0 Å². The van der Waals surface area contributed by atoms with Crippen molar-refractivity contribution < 1.29 is 0 Å². The first-order chi connectivity index (χ1) is 6.07. The van der Waals surface area contributed by atoms with E-state index in [1.165, 1.54) is 25.8 Å². The van der Waals surface area contributed by atoms with Crippen molar-refractivity contribution in [3.05, 3.63) is 0 Å². The van der Waals surface area contributed by atoms with Crippen LogP contribution in [0.25, 0.3) is 0 Å². The second-order valence-corrected chi connectivity index (χ2v) is 4.03. The fourth-order valence-corrected chi connectivity index (χ4v) is 1.41. The second-order valence-electron chi connectivity index (χ2n) is 4.03. The number of nitrogens with two attached hydrogens (primary N) is 1. The molecule has 1 aliphatic rings. The molecule has 0 spiro atoms. The smallest absolute Gasteiger partial charge is 0.0571 e. The van der Waals surface area contributed by atoms with Crippen LogP contribution in [-0.4, -0.2) is 50.2 Å². The Kier molecular flexibility index (Phi) is 7.23. The largest absolute Gasteiger partial charge is 0.316 e. The molecular weight excluding hydrogens is 162 g/mol. The number of likely N-dealkylation sites (tertiary alicyclic amines) is 1. The third-order valence-electron chi connectivity index (χ3n) is 2.07. The van der Waals surface area contributed by atoms with Crippen LogP contribution in [0.1, 0.15) is 26.2 Å². The Labute approximate surface area is 82.9 Å². The van der Waals surface area contributed by atoms with Gasteiger partial charge in [-0.05, 0) is 53.5 Å². The van der Waals surface area contributed by atoms with Crippen LogP contribution in [0.4, 0.5) is 0 Å². The summed E-state index contributed by atoms with van der Waals surface area (Å²) in [6.07, 6.45) is 4.19. The van der Waals surface area contributed by atoms with E-state index in [0.717, 1.165) is 6.54 Å². The summed E-state index contributed by atoms with van der Waals surface area (Å²) in [5.41, 5.74) is 5.82.